The first-order valence-corrected chi connectivity index (χ1v) is 9.18. The minimum absolute atomic E-state index is 0.0287. The smallest absolute Gasteiger partial charge is 0.416 e. The molecule has 0 saturated carbocycles. The third kappa shape index (κ3) is 8.26. The first-order chi connectivity index (χ1) is 13.2. The Labute approximate surface area is 170 Å². The standard InChI is InChI=1S/C18H22ClF3N2O5/c1-17(2,3)29-16(26)5-4-8-23(15(25)10-19)11-12-6-7-13(24(27)28)9-14(12)18(20,21)22/h6-7,9H,4-5,8,10-11H2,1-3H3. The number of carbonyl (C=O) groups is 2. The van der Waals surface area contributed by atoms with Crippen molar-refractivity contribution in [2.75, 3.05) is 12.4 Å². The molecule has 1 rings (SSSR count). The molecule has 0 aliphatic heterocycles. The van der Waals surface area contributed by atoms with Crippen LogP contribution in [0.5, 0.6) is 0 Å². The normalized spacial score (nSPS) is 11.8. The van der Waals surface area contributed by atoms with E-state index in [1.807, 2.05) is 0 Å². The van der Waals surface area contributed by atoms with Crippen LogP contribution in [0, 0.1) is 10.1 Å². The van der Waals surface area contributed by atoms with Gasteiger partial charge in [0.05, 0.1) is 10.5 Å². The van der Waals surface area contributed by atoms with E-state index < -0.39 is 52.3 Å². The molecule has 29 heavy (non-hydrogen) atoms. The predicted molar refractivity (Wildman–Crippen MR) is 99.3 cm³/mol. The highest BCUT2D eigenvalue weighted by Crippen LogP contribution is 2.35. The van der Waals surface area contributed by atoms with Crippen LogP contribution in [0.4, 0.5) is 18.9 Å². The highest BCUT2D eigenvalue weighted by molar-refractivity contribution is 6.27. The Morgan fingerprint density at radius 2 is 1.86 bits per heavy atom. The van der Waals surface area contributed by atoms with E-state index in [0.717, 1.165) is 17.0 Å². The second-order valence-corrected chi connectivity index (χ2v) is 7.50. The summed E-state index contributed by atoms with van der Waals surface area (Å²) < 4.78 is 45.1. The Morgan fingerprint density at radius 1 is 1.24 bits per heavy atom. The number of nitro benzene ring substituents is 1. The zero-order valence-corrected chi connectivity index (χ0v) is 17.0. The van der Waals surface area contributed by atoms with E-state index in [9.17, 15) is 32.9 Å². The maximum absolute atomic E-state index is 13.3. The molecule has 0 saturated heterocycles. The van der Waals surface area contributed by atoms with Crippen LogP contribution in [-0.4, -0.2) is 39.7 Å². The Morgan fingerprint density at radius 3 is 2.34 bits per heavy atom. The number of nitro groups is 1. The Kier molecular flexibility index (Phi) is 8.43. The van der Waals surface area contributed by atoms with Gasteiger partial charge >= 0.3 is 12.1 Å². The van der Waals surface area contributed by atoms with E-state index in [-0.39, 0.29) is 24.9 Å². The van der Waals surface area contributed by atoms with Gasteiger partial charge in [-0.15, -0.1) is 11.6 Å². The number of hydrogen-bond donors (Lipinski definition) is 0. The first-order valence-electron chi connectivity index (χ1n) is 8.64. The van der Waals surface area contributed by atoms with Crippen molar-refractivity contribution in [2.45, 2.75) is 51.9 Å². The van der Waals surface area contributed by atoms with Crippen LogP contribution in [0.1, 0.15) is 44.7 Å². The molecule has 0 fully saturated rings. The summed E-state index contributed by atoms with van der Waals surface area (Å²) >= 11 is 5.54. The Balaban J connectivity index is 2.97. The van der Waals surface area contributed by atoms with E-state index >= 15 is 0 Å². The Hall–Kier alpha value is -2.36. The van der Waals surface area contributed by atoms with Crippen molar-refractivity contribution >= 4 is 29.2 Å². The Bertz CT molecular complexity index is 763. The third-order valence-electron chi connectivity index (χ3n) is 3.67. The van der Waals surface area contributed by atoms with E-state index in [1.165, 1.54) is 0 Å². The van der Waals surface area contributed by atoms with E-state index in [4.69, 9.17) is 16.3 Å². The number of rotatable bonds is 8. The summed E-state index contributed by atoms with van der Waals surface area (Å²) in [7, 11) is 0. The lowest BCUT2D eigenvalue weighted by Gasteiger charge is -2.24. The van der Waals surface area contributed by atoms with Gasteiger partial charge in [0.15, 0.2) is 0 Å². The number of esters is 1. The number of non-ortho nitro benzene ring substituents is 1. The lowest BCUT2D eigenvalue weighted by Crippen LogP contribution is -2.34. The molecule has 1 aromatic rings. The molecule has 0 aliphatic rings. The molecule has 0 spiro atoms. The van der Waals surface area contributed by atoms with Gasteiger partial charge in [0, 0.05) is 31.6 Å². The summed E-state index contributed by atoms with van der Waals surface area (Å²) in [4.78, 5) is 34.7. The molecule has 0 bridgehead atoms. The maximum Gasteiger partial charge on any atom is 0.416 e. The summed E-state index contributed by atoms with van der Waals surface area (Å²) in [6, 6.07) is 2.33. The van der Waals surface area contributed by atoms with Gasteiger partial charge in [-0.3, -0.25) is 19.7 Å². The molecule has 0 N–H and O–H groups in total. The van der Waals surface area contributed by atoms with Crippen LogP contribution in [-0.2, 0) is 27.0 Å². The van der Waals surface area contributed by atoms with Gasteiger partial charge in [-0.05, 0) is 38.8 Å². The SMILES string of the molecule is CC(C)(C)OC(=O)CCCN(Cc1ccc([N+](=O)[O-])cc1C(F)(F)F)C(=O)CCl. The molecule has 0 aromatic heterocycles. The van der Waals surface area contributed by atoms with Gasteiger partial charge in [-0.2, -0.15) is 13.2 Å². The quantitative estimate of drug-likeness (QED) is 0.261. The molecule has 1 aromatic carbocycles. The van der Waals surface area contributed by atoms with E-state index in [0.29, 0.717) is 6.07 Å². The van der Waals surface area contributed by atoms with Crippen molar-refractivity contribution in [3.63, 3.8) is 0 Å². The van der Waals surface area contributed by atoms with Crippen LogP contribution in [0.25, 0.3) is 0 Å². The van der Waals surface area contributed by atoms with Crippen molar-refractivity contribution in [1.29, 1.82) is 0 Å². The lowest BCUT2D eigenvalue weighted by atomic mass is 10.0. The summed E-state index contributed by atoms with van der Waals surface area (Å²) in [5.41, 5.74) is -2.89. The summed E-state index contributed by atoms with van der Waals surface area (Å²) in [6.45, 7) is 4.61. The molecule has 7 nitrogen and oxygen atoms in total. The van der Waals surface area contributed by atoms with Crippen LogP contribution >= 0.6 is 11.6 Å². The lowest BCUT2D eigenvalue weighted by molar-refractivity contribution is -0.385. The molecule has 0 aliphatic carbocycles. The monoisotopic (exact) mass is 438 g/mol. The van der Waals surface area contributed by atoms with Gasteiger partial charge in [0.2, 0.25) is 5.91 Å². The molecule has 0 radical (unpaired) electrons. The zero-order chi connectivity index (χ0) is 22.4. The van der Waals surface area contributed by atoms with Crippen molar-refractivity contribution in [3.05, 3.63) is 39.4 Å². The van der Waals surface area contributed by atoms with Gasteiger partial charge < -0.3 is 9.64 Å². The number of nitrogens with zero attached hydrogens (tertiary/aromatic N) is 2. The predicted octanol–water partition coefficient (Wildman–Crippen LogP) is 4.30. The second kappa shape index (κ2) is 9.91. The molecular weight excluding hydrogens is 417 g/mol. The average Bonchev–Trinajstić information content (AvgIpc) is 2.57. The number of benzene rings is 1. The van der Waals surface area contributed by atoms with Crippen LogP contribution < -0.4 is 0 Å². The number of hydrogen-bond acceptors (Lipinski definition) is 5. The van der Waals surface area contributed by atoms with E-state index in [1.54, 1.807) is 20.8 Å². The largest absolute Gasteiger partial charge is 0.460 e. The third-order valence-corrected chi connectivity index (χ3v) is 3.90. The van der Waals surface area contributed by atoms with Crippen molar-refractivity contribution < 1.29 is 32.4 Å². The van der Waals surface area contributed by atoms with Gasteiger partial charge in [0.1, 0.15) is 11.5 Å². The summed E-state index contributed by atoms with van der Waals surface area (Å²) in [6.07, 6.45) is -4.71. The molecule has 0 unspecified atom stereocenters. The fraction of sp³-hybridized carbons (Fsp3) is 0.556. The van der Waals surface area contributed by atoms with Crippen molar-refractivity contribution in [3.8, 4) is 0 Å². The molecular formula is C18H22ClF3N2O5. The molecule has 11 heteroatoms. The van der Waals surface area contributed by atoms with E-state index in [2.05, 4.69) is 0 Å². The molecule has 0 atom stereocenters. The number of halogens is 4. The number of carbonyl (C=O) groups excluding carboxylic acids is 2. The van der Waals surface area contributed by atoms with Crippen LogP contribution in [0.2, 0.25) is 0 Å². The molecule has 0 heterocycles. The fourth-order valence-electron chi connectivity index (χ4n) is 2.47. The fourth-order valence-corrected chi connectivity index (χ4v) is 2.64. The van der Waals surface area contributed by atoms with Crippen LogP contribution in [0.3, 0.4) is 0 Å². The number of amides is 1. The summed E-state index contributed by atoms with van der Waals surface area (Å²) in [5, 5.41) is 10.8. The minimum Gasteiger partial charge on any atom is -0.460 e. The maximum atomic E-state index is 13.3. The van der Waals surface area contributed by atoms with Gasteiger partial charge in [-0.1, -0.05) is 0 Å². The molecule has 162 valence electrons. The van der Waals surface area contributed by atoms with Crippen molar-refractivity contribution in [1.82, 2.24) is 4.90 Å². The minimum atomic E-state index is -4.84. The van der Waals surface area contributed by atoms with Gasteiger partial charge in [0.25, 0.3) is 5.69 Å². The van der Waals surface area contributed by atoms with Gasteiger partial charge in [-0.25, -0.2) is 0 Å². The highest BCUT2D eigenvalue weighted by atomic mass is 35.5. The summed E-state index contributed by atoms with van der Waals surface area (Å²) in [5.74, 6) is -1.58. The topological polar surface area (TPSA) is 89.8 Å². The van der Waals surface area contributed by atoms with Crippen molar-refractivity contribution in [2.24, 2.45) is 0 Å². The average molecular weight is 439 g/mol. The molecule has 1 amide bonds. The second-order valence-electron chi connectivity index (χ2n) is 7.24. The zero-order valence-electron chi connectivity index (χ0n) is 16.2. The number of alkyl halides is 4. The number of ether oxygens (including phenoxy) is 1. The highest BCUT2D eigenvalue weighted by Gasteiger charge is 2.35. The first kappa shape index (κ1) is 24.7. The van der Waals surface area contributed by atoms with Crippen LogP contribution in [0.15, 0.2) is 18.2 Å².